The van der Waals surface area contributed by atoms with Crippen LogP contribution in [0.25, 0.3) is 0 Å². The van der Waals surface area contributed by atoms with Crippen molar-refractivity contribution in [2.45, 2.75) is 12.3 Å². The molecule has 2 aromatic carbocycles. The fourth-order valence-electron chi connectivity index (χ4n) is 1.98. The zero-order valence-electron chi connectivity index (χ0n) is 13.7. The molecule has 2 aromatic rings. The van der Waals surface area contributed by atoms with Crippen LogP contribution < -0.4 is 15.4 Å². The second-order valence-corrected chi connectivity index (χ2v) is 5.86. The van der Waals surface area contributed by atoms with Crippen molar-refractivity contribution in [3.8, 4) is 5.75 Å². The van der Waals surface area contributed by atoms with E-state index in [9.17, 15) is 27.5 Å². The third kappa shape index (κ3) is 6.61. The largest absolute Gasteiger partial charge is 0.491 e. The van der Waals surface area contributed by atoms with E-state index in [1.165, 1.54) is 18.2 Å². The molecule has 0 spiro atoms. The molecule has 5 nitrogen and oxygen atoms in total. The normalized spacial score (nSPS) is 12.4. The van der Waals surface area contributed by atoms with E-state index in [-0.39, 0.29) is 29.6 Å². The molecule has 0 heterocycles. The van der Waals surface area contributed by atoms with Crippen molar-refractivity contribution < 1.29 is 32.2 Å². The molecular formula is C17H15ClF4N2O3. The lowest BCUT2D eigenvalue weighted by atomic mass is 10.2. The Hall–Kier alpha value is -2.52. The maximum atomic E-state index is 12.9. The van der Waals surface area contributed by atoms with E-state index in [1.54, 1.807) is 0 Å². The molecule has 27 heavy (non-hydrogen) atoms. The van der Waals surface area contributed by atoms with Crippen LogP contribution in [-0.2, 0) is 6.18 Å². The highest BCUT2D eigenvalue weighted by molar-refractivity contribution is 6.33. The predicted molar refractivity (Wildman–Crippen MR) is 91.4 cm³/mol. The third-order valence-corrected chi connectivity index (χ3v) is 3.59. The number of aliphatic hydroxyl groups excluding tert-OH is 1. The number of aliphatic hydroxyl groups is 1. The number of hydrogen-bond acceptors (Lipinski definition) is 3. The number of halogens is 5. The van der Waals surface area contributed by atoms with Gasteiger partial charge in [0.1, 0.15) is 24.3 Å². The van der Waals surface area contributed by atoms with Crippen LogP contribution >= 0.6 is 11.6 Å². The smallest absolute Gasteiger partial charge is 0.416 e. The number of urea groups is 1. The summed E-state index contributed by atoms with van der Waals surface area (Å²) >= 11 is 5.77. The van der Waals surface area contributed by atoms with E-state index in [4.69, 9.17) is 16.3 Å². The fourth-order valence-corrected chi connectivity index (χ4v) is 2.20. The number of amides is 2. The van der Waals surface area contributed by atoms with Gasteiger partial charge in [-0.1, -0.05) is 17.7 Å². The summed E-state index contributed by atoms with van der Waals surface area (Å²) in [6.45, 7) is -0.567. The maximum absolute atomic E-state index is 12.9. The Kier molecular flexibility index (Phi) is 6.86. The Morgan fingerprint density at radius 1 is 1.22 bits per heavy atom. The van der Waals surface area contributed by atoms with Gasteiger partial charge in [-0.3, -0.25) is 0 Å². The first kappa shape index (κ1) is 20.8. The standard InChI is InChI=1S/C17H15ClF4N2O3/c18-14-7-11(19)4-5-15(14)24-16(26)23-8-12(25)9-27-13-3-1-2-10(6-13)17(20,21)22/h1-7,12,25H,8-9H2,(H2,23,24,26). The van der Waals surface area contributed by atoms with Gasteiger partial charge in [-0.05, 0) is 36.4 Å². The lowest BCUT2D eigenvalue weighted by Gasteiger charge is -2.15. The summed E-state index contributed by atoms with van der Waals surface area (Å²) in [5, 5.41) is 14.5. The summed E-state index contributed by atoms with van der Waals surface area (Å²) < 4.78 is 55.9. The minimum absolute atomic E-state index is 0.00132. The SMILES string of the molecule is O=C(NCC(O)COc1cccc(C(F)(F)F)c1)Nc1ccc(F)cc1Cl. The minimum atomic E-state index is -4.50. The third-order valence-electron chi connectivity index (χ3n) is 3.28. The van der Waals surface area contributed by atoms with Crippen molar-refractivity contribution in [3.63, 3.8) is 0 Å². The van der Waals surface area contributed by atoms with Crippen LogP contribution in [0.5, 0.6) is 5.75 Å². The molecule has 0 bridgehead atoms. The van der Waals surface area contributed by atoms with E-state index >= 15 is 0 Å². The second kappa shape index (κ2) is 8.92. The lowest BCUT2D eigenvalue weighted by molar-refractivity contribution is -0.137. The topological polar surface area (TPSA) is 70.6 Å². The van der Waals surface area contributed by atoms with E-state index < -0.39 is 29.7 Å². The van der Waals surface area contributed by atoms with E-state index in [2.05, 4.69) is 10.6 Å². The van der Waals surface area contributed by atoms with Crippen LogP contribution in [0, 0.1) is 5.82 Å². The van der Waals surface area contributed by atoms with Crippen molar-refractivity contribution in [1.82, 2.24) is 5.32 Å². The molecule has 0 aromatic heterocycles. The van der Waals surface area contributed by atoms with Crippen molar-refractivity contribution in [3.05, 3.63) is 58.9 Å². The summed E-state index contributed by atoms with van der Waals surface area (Å²) in [5.41, 5.74) is -0.701. The molecule has 0 fully saturated rings. The number of hydrogen-bond donors (Lipinski definition) is 3. The Bertz CT molecular complexity index is 802. The first-order valence-electron chi connectivity index (χ1n) is 7.63. The Balaban J connectivity index is 1.79. The molecule has 3 N–H and O–H groups in total. The molecular weight excluding hydrogens is 392 g/mol. The average molecular weight is 407 g/mol. The van der Waals surface area contributed by atoms with Crippen molar-refractivity contribution in [2.75, 3.05) is 18.5 Å². The fraction of sp³-hybridized carbons (Fsp3) is 0.235. The van der Waals surface area contributed by atoms with Crippen LogP contribution in [0.2, 0.25) is 5.02 Å². The number of alkyl halides is 3. The zero-order valence-corrected chi connectivity index (χ0v) is 14.4. The van der Waals surface area contributed by atoms with Crippen molar-refractivity contribution in [2.24, 2.45) is 0 Å². The number of anilines is 1. The van der Waals surface area contributed by atoms with Crippen LogP contribution in [0.15, 0.2) is 42.5 Å². The van der Waals surface area contributed by atoms with Gasteiger partial charge >= 0.3 is 12.2 Å². The number of carbonyl (C=O) groups is 1. The number of benzene rings is 2. The van der Waals surface area contributed by atoms with Gasteiger partial charge in [-0.15, -0.1) is 0 Å². The molecule has 0 saturated carbocycles. The summed E-state index contributed by atoms with van der Waals surface area (Å²) in [5.74, 6) is -0.625. The number of nitrogens with one attached hydrogen (secondary N) is 2. The van der Waals surface area contributed by atoms with Gasteiger partial charge < -0.3 is 20.5 Å². The van der Waals surface area contributed by atoms with Gasteiger partial charge in [0.25, 0.3) is 0 Å². The summed E-state index contributed by atoms with van der Waals surface area (Å²) in [4.78, 5) is 11.7. The van der Waals surface area contributed by atoms with Crippen molar-refractivity contribution in [1.29, 1.82) is 0 Å². The molecule has 0 aliphatic carbocycles. The van der Waals surface area contributed by atoms with Crippen LogP contribution in [0.4, 0.5) is 28.0 Å². The van der Waals surface area contributed by atoms with Gasteiger partial charge in [-0.2, -0.15) is 13.2 Å². The molecule has 146 valence electrons. The number of rotatable bonds is 6. The first-order valence-corrected chi connectivity index (χ1v) is 8.01. The molecule has 0 aliphatic heterocycles. The van der Waals surface area contributed by atoms with Crippen LogP contribution in [-0.4, -0.2) is 30.4 Å². The van der Waals surface area contributed by atoms with E-state index in [1.807, 2.05) is 0 Å². The average Bonchev–Trinajstić information content (AvgIpc) is 2.60. The number of ether oxygens (including phenoxy) is 1. The van der Waals surface area contributed by atoms with Crippen LogP contribution in [0.1, 0.15) is 5.56 Å². The van der Waals surface area contributed by atoms with Gasteiger partial charge in [0.15, 0.2) is 0 Å². The van der Waals surface area contributed by atoms with Gasteiger partial charge in [0, 0.05) is 6.54 Å². The quantitative estimate of drug-likeness (QED) is 0.634. The maximum Gasteiger partial charge on any atom is 0.416 e. The lowest BCUT2D eigenvalue weighted by Crippen LogP contribution is -2.37. The first-order chi connectivity index (χ1) is 12.6. The molecule has 10 heteroatoms. The molecule has 0 aliphatic rings. The Morgan fingerprint density at radius 3 is 2.63 bits per heavy atom. The van der Waals surface area contributed by atoms with E-state index in [0.29, 0.717) is 0 Å². The molecule has 0 radical (unpaired) electrons. The molecule has 2 amide bonds. The highest BCUT2D eigenvalue weighted by Gasteiger charge is 2.30. The van der Waals surface area contributed by atoms with Gasteiger partial charge in [0.05, 0.1) is 16.3 Å². The highest BCUT2D eigenvalue weighted by atomic mass is 35.5. The van der Waals surface area contributed by atoms with Crippen molar-refractivity contribution >= 4 is 23.3 Å². The second-order valence-electron chi connectivity index (χ2n) is 5.45. The van der Waals surface area contributed by atoms with Gasteiger partial charge in [0.2, 0.25) is 0 Å². The molecule has 1 unspecified atom stereocenters. The Morgan fingerprint density at radius 2 is 1.96 bits per heavy atom. The number of carbonyl (C=O) groups excluding carboxylic acids is 1. The van der Waals surface area contributed by atoms with Crippen LogP contribution in [0.3, 0.4) is 0 Å². The molecule has 1 atom stereocenters. The Labute approximate surface area is 156 Å². The zero-order chi connectivity index (χ0) is 20.0. The summed E-state index contributed by atoms with van der Waals surface area (Å²) in [7, 11) is 0. The predicted octanol–water partition coefficient (Wildman–Crippen LogP) is 4.06. The molecule has 0 saturated heterocycles. The highest BCUT2D eigenvalue weighted by Crippen LogP contribution is 2.31. The van der Waals surface area contributed by atoms with Gasteiger partial charge in [-0.25, -0.2) is 9.18 Å². The monoisotopic (exact) mass is 406 g/mol. The minimum Gasteiger partial charge on any atom is -0.491 e. The van der Waals surface area contributed by atoms with E-state index in [0.717, 1.165) is 24.3 Å². The summed E-state index contributed by atoms with van der Waals surface area (Å²) in [6.07, 6.45) is -5.67. The summed E-state index contributed by atoms with van der Waals surface area (Å²) in [6, 6.07) is 6.90. The molecule has 2 rings (SSSR count).